The zero-order chi connectivity index (χ0) is 21.1. The summed E-state index contributed by atoms with van der Waals surface area (Å²) in [5, 5.41) is 14.9. The van der Waals surface area contributed by atoms with Gasteiger partial charge in [0, 0.05) is 17.0 Å². The van der Waals surface area contributed by atoms with Crippen molar-refractivity contribution in [2.75, 3.05) is 19.5 Å². The second kappa shape index (κ2) is 8.47. The van der Waals surface area contributed by atoms with E-state index in [0.29, 0.717) is 27.3 Å². The predicted molar refractivity (Wildman–Crippen MR) is 113 cm³/mol. The molecule has 0 aliphatic carbocycles. The number of rotatable bonds is 7. The summed E-state index contributed by atoms with van der Waals surface area (Å²) in [6.45, 7) is -0.273. The van der Waals surface area contributed by atoms with Crippen molar-refractivity contribution >= 4 is 33.7 Å². The Bertz CT molecular complexity index is 1230. The maximum atomic E-state index is 12.4. The topological polar surface area (TPSA) is 113 Å². The van der Waals surface area contributed by atoms with E-state index in [4.69, 9.17) is 9.47 Å². The third-order valence-electron chi connectivity index (χ3n) is 4.08. The Labute approximate surface area is 178 Å². The quantitative estimate of drug-likeness (QED) is 0.465. The number of nitrogens with one attached hydrogen (secondary N) is 1. The van der Waals surface area contributed by atoms with E-state index in [9.17, 15) is 9.59 Å². The van der Waals surface area contributed by atoms with Gasteiger partial charge in [-0.05, 0) is 40.1 Å². The van der Waals surface area contributed by atoms with Crippen LogP contribution < -0.4 is 20.5 Å². The Kier molecular flexibility index (Phi) is 5.59. The number of tetrazole rings is 1. The van der Waals surface area contributed by atoms with Gasteiger partial charge in [-0.2, -0.15) is 9.36 Å². The van der Waals surface area contributed by atoms with Crippen molar-refractivity contribution in [2.45, 2.75) is 6.54 Å². The SMILES string of the molecule is COc1ccc(-c2csc(NC(=O)Cn3nnn(-c4cccs4)c3=O)n2)c(OC)c1. The minimum atomic E-state index is -0.490. The molecule has 1 amide bonds. The number of methoxy groups -OCH3 is 2. The standard InChI is InChI=1S/C18H16N6O4S2/c1-27-11-5-6-12(14(8-11)28-2)13-10-30-17(19-13)20-15(25)9-23-18(26)24(22-21-23)16-4-3-7-29-16/h3-8,10H,9H2,1-2H3,(H,19,20,25). The summed E-state index contributed by atoms with van der Waals surface area (Å²) in [7, 11) is 3.14. The lowest BCUT2D eigenvalue weighted by atomic mass is 10.1. The van der Waals surface area contributed by atoms with Gasteiger partial charge in [0.25, 0.3) is 0 Å². The van der Waals surface area contributed by atoms with E-state index in [-0.39, 0.29) is 6.54 Å². The minimum absolute atomic E-state index is 0.273. The van der Waals surface area contributed by atoms with Gasteiger partial charge in [0.2, 0.25) is 5.91 Å². The molecule has 10 nitrogen and oxygen atoms in total. The molecule has 0 saturated heterocycles. The van der Waals surface area contributed by atoms with Gasteiger partial charge < -0.3 is 14.8 Å². The van der Waals surface area contributed by atoms with Crippen LogP contribution in [-0.4, -0.2) is 44.9 Å². The van der Waals surface area contributed by atoms with Crippen LogP contribution in [0.4, 0.5) is 5.13 Å². The molecule has 30 heavy (non-hydrogen) atoms. The number of nitrogens with zero attached hydrogens (tertiary/aromatic N) is 5. The molecule has 0 spiro atoms. The smallest absolute Gasteiger partial charge is 0.369 e. The van der Waals surface area contributed by atoms with E-state index in [1.54, 1.807) is 43.9 Å². The molecule has 0 aliphatic rings. The number of carbonyl (C=O) groups is 1. The number of carbonyl (C=O) groups excluding carboxylic acids is 1. The monoisotopic (exact) mass is 444 g/mol. The maximum Gasteiger partial charge on any atom is 0.369 e. The summed E-state index contributed by atoms with van der Waals surface area (Å²) in [6.07, 6.45) is 0. The molecule has 0 unspecified atom stereocenters. The zero-order valence-electron chi connectivity index (χ0n) is 15.9. The molecule has 154 valence electrons. The predicted octanol–water partition coefficient (Wildman–Crippen LogP) is 2.27. The molecular weight excluding hydrogens is 428 g/mol. The van der Waals surface area contributed by atoms with Gasteiger partial charge in [-0.3, -0.25) is 4.79 Å². The third kappa shape index (κ3) is 3.95. The Morgan fingerprint density at radius 3 is 2.77 bits per heavy atom. The van der Waals surface area contributed by atoms with E-state index in [2.05, 4.69) is 20.7 Å². The first kappa shape index (κ1) is 19.8. The summed E-state index contributed by atoms with van der Waals surface area (Å²) < 4.78 is 12.7. The molecule has 12 heteroatoms. The molecule has 1 N–H and O–H groups in total. The van der Waals surface area contributed by atoms with E-state index in [1.807, 2.05) is 11.4 Å². The van der Waals surface area contributed by atoms with Crippen LogP contribution in [0.5, 0.6) is 11.5 Å². The highest BCUT2D eigenvalue weighted by atomic mass is 32.1. The summed E-state index contributed by atoms with van der Waals surface area (Å²) in [5.41, 5.74) is 0.927. The van der Waals surface area contributed by atoms with Crippen LogP contribution in [0.2, 0.25) is 0 Å². The Morgan fingerprint density at radius 2 is 2.03 bits per heavy atom. The van der Waals surface area contributed by atoms with Crippen molar-refractivity contribution in [3.8, 4) is 27.8 Å². The Balaban J connectivity index is 1.47. The number of thiophene rings is 1. The van der Waals surface area contributed by atoms with Crippen molar-refractivity contribution in [1.82, 2.24) is 24.8 Å². The zero-order valence-corrected chi connectivity index (χ0v) is 17.6. The first-order valence-electron chi connectivity index (χ1n) is 8.63. The summed E-state index contributed by atoms with van der Waals surface area (Å²) in [6, 6.07) is 8.95. The number of ether oxygens (including phenoxy) is 2. The molecule has 3 heterocycles. The summed E-state index contributed by atoms with van der Waals surface area (Å²) in [4.78, 5) is 29.2. The molecule has 4 rings (SSSR count). The highest BCUT2D eigenvalue weighted by molar-refractivity contribution is 7.14. The Morgan fingerprint density at radius 1 is 1.17 bits per heavy atom. The van der Waals surface area contributed by atoms with E-state index in [0.717, 1.165) is 14.9 Å². The molecule has 0 aliphatic heterocycles. The van der Waals surface area contributed by atoms with Crippen LogP contribution in [0.1, 0.15) is 0 Å². The van der Waals surface area contributed by atoms with Crippen LogP contribution in [0, 0.1) is 0 Å². The van der Waals surface area contributed by atoms with Gasteiger partial charge in [0.15, 0.2) is 5.13 Å². The second-order valence-electron chi connectivity index (χ2n) is 5.93. The van der Waals surface area contributed by atoms with E-state index < -0.39 is 11.6 Å². The lowest BCUT2D eigenvalue weighted by Gasteiger charge is -2.08. The fraction of sp³-hybridized carbons (Fsp3) is 0.167. The fourth-order valence-electron chi connectivity index (χ4n) is 2.66. The summed E-state index contributed by atoms with van der Waals surface area (Å²) in [5.74, 6) is 0.840. The van der Waals surface area contributed by atoms with Crippen LogP contribution >= 0.6 is 22.7 Å². The van der Waals surface area contributed by atoms with Crippen molar-refractivity contribution < 1.29 is 14.3 Å². The number of anilines is 1. The number of hydrogen-bond acceptors (Lipinski definition) is 9. The molecule has 0 bridgehead atoms. The first-order chi connectivity index (χ1) is 14.6. The van der Waals surface area contributed by atoms with Gasteiger partial charge in [0.1, 0.15) is 23.0 Å². The minimum Gasteiger partial charge on any atom is -0.497 e. The molecule has 0 atom stereocenters. The van der Waals surface area contributed by atoms with Gasteiger partial charge in [-0.25, -0.2) is 9.78 Å². The average molecular weight is 444 g/mol. The summed E-state index contributed by atoms with van der Waals surface area (Å²) >= 11 is 2.61. The lowest BCUT2D eigenvalue weighted by molar-refractivity contribution is -0.117. The molecule has 1 aromatic carbocycles. The van der Waals surface area contributed by atoms with Crippen molar-refractivity contribution in [1.29, 1.82) is 0 Å². The van der Waals surface area contributed by atoms with Crippen molar-refractivity contribution in [3.05, 3.63) is 51.6 Å². The van der Waals surface area contributed by atoms with Gasteiger partial charge in [-0.1, -0.05) is 0 Å². The number of benzene rings is 1. The average Bonchev–Trinajstić information content (AvgIpc) is 3.50. The number of hydrogen-bond donors (Lipinski definition) is 1. The molecular formula is C18H16N6O4S2. The third-order valence-corrected chi connectivity index (χ3v) is 5.68. The van der Waals surface area contributed by atoms with Gasteiger partial charge >= 0.3 is 5.69 Å². The first-order valence-corrected chi connectivity index (χ1v) is 10.4. The number of thiazole rings is 1. The van der Waals surface area contributed by atoms with Crippen LogP contribution in [0.3, 0.4) is 0 Å². The number of aromatic nitrogens is 5. The van der Waals surface area contributed by atoms with Crippen LogP contribution in [-0.2, 0) is 11.3 Å². The van der Waals surface area contributed by atoms with Crippen LogP contribution in [0.25, 0.3) is 16.3 Å². The normalized spacial score (nSPS) is 10.7. The molecule has 0 radical (unpaired) electrons. The fourth-order valence-corrected chi connectivity index (χ4v) is 4.06. The van der Waals surface area contributed by atoms with Gasteiger partial charge in [-0.15, -0.1) is 22.7 Å². The maximum absolute atomic E-state index is 12.4. The van der Waals surface area contributed by atoms with E-state index in [1.165, 1.54) is 22.7 Å². The molecule has 3 aromatic heterocycles. The molecule has 0 fully saturated rings. The van der Waals surface area contributed by atoms with Crippen molar-refractivity contribution in [3.63, 3.8) is 0 Å². The van der Waals surface area contributed by atoms with Crippen molar-refractivity contribution in [2.24, 2.45) is 0 Å². The second-order valence-corrected chi connectivity index (χ2v) is 7.72. The number of amides is 1. The largest absolute Gasteiger partial charge is 0.497 e. The van der Waals surface area contributed by atoms with Gasteiger partial charge in [0.05, 0.1) is 19.9 Å². The molecule has 4 aromatic rings. The highest BCUT2D eigenvalue weighted by Gasteiger charge is 2.15. The highest BCUT2D eigenvalue weighted by Crippen LogP contribution is 2.34. The lowest BCUT2D eigenvalue weighted by Crippen LogP contribution is -2.29. The van der Waals surface area contributed by atoms with Crippen LogP contribution in [0.15, 0.2) is 45.9 Å². The van der Waals surface area contributed by atoms with E-state index >= 15 is 0 Å². The molecule has 0 saturated carbocycles. The Hall–Kier alpha value is -3.51.